The molecule has 3 fully saturated rings. The highest BCUT2D eigenvalue weighted by Gasteiger charge is 2.51. The molecule has 0 radical (unpaired) electrons. The maximum absolute atomic E-state index is 12.1. The Morgan fingerprint density at radius 1 is 1.48 bits per heavy atom. The van der Waals surface area contributed by atoms with Gasteiger partial charge in [0, 0.05) is 37.9 Å². The van der Waals surface area contributed by atoms with E-state index in [9.17, 15) is 4.79 Å². The molecule has 4 rings (SSSR count). The summed E-state index contributed by atoms with van der Waals surface area (Å²) in [5, 5.41) is 0. The Hall–Kier alpha value is -1.23. The predicted octanol–water partition coefficient (Wildman–Crippen LogP) is 2.35. The molecule has 4 nitrogen and oxygen atoms in total. The van der Waals surface area contributed by atoms with Gasteiger partial charge in [-0.25, -0.2) is 0 Å². The van der Waals surface area contributed by atoms with Gasteiger partial charge >= 0.3 is 0 Å². The van der Waals surface area contributed by atoms with Crippen LogP contribution in [-0.2, 0) is 4.79 Å². The van der Waals surface area contributed by atoms with Crippen molar-refractivity contribution >= 4 is 17.7 Å². The van der Waals surface area contributed by atoms with E-state index in [4.69, 9.17) is 4.74 Å². The van der Waals surface area contributed by atoms with Crippen molar-refractivity contribution in [1.29, 1.82) is 0 Å². The molecule has 0 N–H and O–H groups in total. The van der Waals surface area contributed by atoms with E-state index in [1.807, 2.05) is 28.8 Å². The predicted molar refractivity (Wildman–Crippen MR) is 82.4 cm³/mol. The number of amides is 1. The smallest absolute Gasteiger partial charge is 0.222 e. The first-order valence-electron chi connectivity index (χ1n) is 7.71. The van der Waals surface area contributed by atoms with Crippen LogP contribution in [0.25, 0.3) is 0 Å². The molecule has 112 valence electrons. The van der Waals surface area contributed by atoms with Gasteiger partial charge in [-0.3, -0.25) is 9.78 Å². The largest absolute Gasteiger partial charge is 0.488 e. The summed E-state index contributed by atoms with van der Waals surface area (Å²) in [5.74, 6) is 2.91. The van der Waals surface area contributed by atoms with Crippen LogP contribution in [0.15, 0.2) is 24.5 Å². The highest BCUT2D eigenvalue weighted by atomic mass is 32.2. The highest BCUT2D eigenvalue weighted by Crippen LogP contribution is 2.46. The summed E-state index contributed by atoms with van der Waals surface area (Å²) in [6.45, 7) is 1.83. The minimum atomic E-state index is 0.250. The molecule has 0 bridgehead atoms. The molecular formula is C16H20N2O2S. The summed E-state index contributed by atoms with van der Waals surface area (Å²) in [5.41, 5.74) is 0. The Morgan fingerprint density at radius 2 is 2.33 bits per heavy atom. The van der Waals surface area contributed by atoms with E-state index in [-0.39, 0.29) is 10.9 Å². The lowest BCUT2D eigenvalue weighted by molar-refractivity contribution is -0.136. The van der Waals surface area contributed by atoms with Crippen LogP contribution in [0.4, 0.5) is 0 Å². The molecule has 21 heavy (non-hydrogen) atoms. The Kier molecular flexibility index (Phi) is 3.32. The van der Waals surface area contributed by atoms with Crippen molar-refractivity contribution < 1.29 is 9.53 Å². The molecule has 5 heteroatoms. The van der Waals surface area contributed by atoms with Gasteiger partial charge in [-0.2, -0.15) is 0 Å². The van der Waals surface area contributed by atoms with E-state index in [2.05, 4.69) is 4.98 Å². The Labute approximate surface area is 129 Å². The van der Waals surface area contributed by atoms with Gasteiger partial charge in [0.1, 0.15) is 11.9 Å². The third kappa shape index (κ3) is 2.89. The van der Waals surface area contributed by atoms with Crippen LogP contribution in [0.1, 0.15) is 25.7 Å². The fourth-order valence-corrected chi connectivity index (χ4v) is 4.75. The van der Waals surface area contributed by atoms with Gasteiger partial charge in [0.2, 0.25) is 5.91 Å². The Morgan fingerprint density at radius 3 is 3.05 bits per heavy atom. The van der Waals surface area contributed by atoms with Crippen LogP contribution in [-0.4, -0.2) is 45.5 Å². The van der Waals surface area contributed by atoms with Crippen LogP contribution < -0.4 is 4.74 Å². The zero-order valence-electron chi connectivity index (χ0n) is 12.0. The Bertz CT molecular complexity index is 526. The first-order chi connectivity index (χ1) is 10.2. The fraction of sp³-hybridized carbons (Fsp3) is 0.625. The second-order valence-corrected chi connectivity index (χ2v) is 8.01. The number of carbonyl (C=O) groups is 1. The van der Waals surface area contributed by atoms with E-state index >= 15 is 0 Å². The number of aromatic nitrogens is 1. The molecule has 0 unspecified atom stereocenters. The van der Waals surface area contributed by atoms with Gasteiger partial charge < -0.3 is 9.64 Å². The summed E-state index contributed by atoms with van der Waals surface area (Å²) >= 11 is 1.98. The van der Waals surface area contributed by atoms with Gasteiger partial charge in [0.25, 0.3) is 0 Å². The minimum Gasteiger partial charge on any atom is -0.488 e. The molecule has 1 atom stereocenters. The van der Waals surface area contributed by atoms with Crippen molar-refractivity contribution in [1.82, 2.24) is 9.88 Å². The van der Waals surface area contributed by atoms with Crippen LogP contribution >= 0.6 is 11.8 Å². The lowest BCUT2D eigenvalue weighted by atomic mass is 9.92. The average Bonchev–Trinajstić information content (AvgIpc) is 3.15. The molecule has 2 aliphatic heterocycles. The lowest BCUT2D eigenvalue weighted by Crippen LogP contribution is -2.60. The number of carbonyl (C=O) groups excluding carboxylic acids is 1. The molecule has 0 aromatic carbocycles. The topological polar surface area (TPSA) is 42.4 Å². The van der Waals surface area contributed by atoms with Crippen LogP contribution in [0.2, 0.25) is 0 Å². The number of pyridine rings is 1. The van der Waals surface area contributed by atoms with Gasteiger partial charge in [-0.05, 0) is 30.9 Å². The number of likely N-dealkylation sites (tertiary alicyclic amines) is 1. The van der Waals surface area contributed by atoms with E-state index in [1.165, 1.54) is 12.8 Å². The molecule has 3 heterocycles. The quantitative estimate of drug-likeness (QED) is 0.856. The van der Waals surface area contributed by atoms with Gasteiger partial charge in [0.05, 0.1) is 10.9 Å². The molecule has 1 aromatic heterocycles. The van der Waals surface area contributed by atoms with E-state index in [0.717, 1.165) is 37.4 Å². The Balaban J connectivity index is 1.28. The second-order valence-electron chi connectivity index (χ2n) is 6.52. The molecule has 3 aliphatic rings. The average molecular weight is 304 g/mol. The van der Waals surface area contributed by atoms with E-state index < -0.39 is 0 Å². The summed E-state index contributed by atoms with van der Waals surface area (Å²) in [4.78, 5) is 18.2. The monoisotopic (exact) mass is 304 g/mol. The van der Waals surface area contributed by atoms with Gasteiger partial charge in [-0.15, -0.1) is 11.8 Å². The first kappa shape index (κ1) is 13.4. The van der Waals surface area contributed by atoms with Crippen LogP contribution in [0.3, 0.4) is 0 Å². The summed E-state index contributed by atoms with van der Waals surface area (Å²) < 4.78 is 6.25. The molecule has 1 aliphatic carbocycles. The number of hydrogen-bond acceptors (Lipinski definition) is 4. The number of nitrogens with zero attached hydrogens (tertiary/aromatic N) is 2. The zero-order valence-corrected chi connectivity index (χ0v) is 12.8. The standard InChI is InChI=1S/C16H20N2O2S/c19-15(6-12-3-4-12)18-10-16(11-18)7-14(9-21-16)20-13-2-1-5-17-8-13/h1-2,5,8,12,14H,3-4,6-7,9-11H2/t14-/m0/s1. The number of rotatable bonds is 4. The third-order valence-electron chi connectivity index (χ3n) is 4.58. The third-order valence-corrected chi connectivity index (χ3v) is 6.16. The van der Waals surface area contributed by atoms with Crippen molar-refractivity contribution in [2.75, 3.05) is 18.8 Å². The lowest BCUT2D eigenvalue weighted by Gasteiger charge is -2.47. The number of hydrogen-bond donors (Lipinski definition) is 0. The normalized spacial score (nSPS) is 26.7. The highest BCUT2D eigenvalue weighted by molar-refractivity contribution is 8.01. The first-order valence-corrected chi connectivity index (χ1v) is 8.69. The molecule has 2 saturated heterocycles. The second kappa shape index (κ2) is 5.20. The molecule has 1 amide bonds. The van der Waals surface area contributed by atoms with Crippen molar-refractivity contribution in [2.45, 2.75) is 36.5 Å². The zero-order chi connectivity index (χ0) is 14.3. The molecule has 1 aromatic rings. The van der Waals surface area contributed by atoms with Crippen LogP contribution in [0, 0.1) is 5.92 Å². The van der Waals surface area contributed by atoms with Crippen molar-refractivity contribution in [3.63, 3.8) is 0 Å². The maximum atomic E-state index is 12.1. The summed E-state index contributed by atoms with van der Waals surface area (Å²) in [6.07, 6.45) is 8.09. The summed E-state index contributed by atoms with van der Waals surface area (Å²) in [7, 11) is 0. The summed E-state index contributed by atoms with van der Waals surface area (Å²) in [6, 6.07) is 3.85. The fourth-order valence-electron chi connectivity index (χ4n) is 3.23. The molecule has 1 spiro atoms. The van der Waals surface area contributed by atoms with Crippen molar-refractivity contribution in [3.8, 4) is 5.75 Å². The number of thioether (sulfide) groups is 1. The molecule has 1 saturated carbocycles. The van der Waals surface area contributed by atoms with Crippen LogP contribution in [0.5, 0.6) is 5.75 Å². The SMILES string of the molecule is O=C(CC1CC1)N1CC2(C[C@H](Oc3cccnc3)CS2)C1. The van der Waals surface area contributed by atoms with Gasteiger partial charge in [0.15, 0.2) is 0 Å². The maximum Gasteiger partial charge on any atom is 0.222 e. The van der Waals surface area contributed by atoms with Crippen molar-refractivity contribution in [2.24, 2.45) is 5.92 Å². The van der Waals surface area contributed by atoms with E-state index in [0.29, 0.717) is 11.8 Å². The molecular weight excluding hydrogens is 284 g/mol. The van der Waals surface area contributed by atoms with E-state index in [1.54, 1.807) is 12.4 Å². The van der Waals surface area contributed by atoms with Crippen molar-refractivity contribution in [3.05, 3.63) is 24.5 Å². The van der Waals surface area contributed by atoms with Gasteiger partial charge in [-0.1, -0.05) is 0 Å². The minimum absolute atomic E-state index is 0.250. The number of ether oxygens (including phenoxy) is 1.